The summed E-state index contributed by atoms with van der Waals surface area (Å²) in [6.45, 7) is 0.896. The molecule has 1 aliphatic rings. The van der Waals surface area contributed by atoms with Gasteiger partial charge in [-0.2, -0.15) is 5.10 Å². The van der Waals surface area contributed by atoms with Gasteiger partial charge < -0.3 is 19.5 Å². The van der Waals surface area contributed by atoms with Crippen molar-refractivity contribution in [3.05, 3.63) is 60.4 Å². The fourth-order valence-corrected chi connectivity index (χ4v) is 2.73. The SMILES string of the molecule is COc1cc(C(=O)Nc2ccc(-n3cccn3)cc2)cc2c1OCCO2. The molecule has 7 heteroatoms. The number of benzene rings is 2. The molecule has 0 unspecified atom stereocenters. The Labute approximate surface area is 150 Å². The minimum Gasteiger partial charge on any atom is -0.493 e. The normalized spacial score (nSPS) is 12.5. The van der Waals surface area contributed by atoms with Crippen molar-refractivity contribution in [1.29, 1.82) is 0 Å². The molecule has 0 spiro atoms. The third-order valence-electron chi connectivity index (χ3n) is 3.98. The topological polar surface area (TPSA) is 74.6 Å². The number of hydrogen-bond donors (Lipinski definition) is 1. The largest absolute Gasteiger partial charge is 0.493 e. The number of amides is 1. The van der Waals surface area contributed by atoms with Crippen molar-refractivity contribution in [3.63, 3.8) is 0 Å². The lowest BCUT2D eigenvalue weighted by molar-refractivity contribution is 0.102. The van der Waals surface area contributed by atoms with E-state index in [4.69, 9.17) is 14.2 Å². The first-order valence-corrected chi connectivity index (χ1v) is 8.13. The number of carbonyl (C=O) groups excluding carboxylic acids is 1. The summed E-state index contributed by atoms with van der Waals surface area (Å²) < 4.78 is 18.2. The second kappa shape index (κ2) is 6.79. The molecule has 4 rings (SSSR count). The molecule has 0 saturated heterocycles. The van der Waals surface area contributed by atoms with Crippen LogP contribution in [0.1, 0.15) is 10.4 Å². The number of rotatable bonds is 4. The van der Waals surface area contributed by atoms with Crippen molar-refractivity contribution in [3.8, 4) is 22.9 Å². The van der Waals surface area contributed by atoms with Crippen molar-refractivity contribution in [1.82, 2.24) is 9.78 Å². The first-order chi connectivity index (χ1) is 12.7. The fraction of sp³-hybridized carbons (Fsp3) is 0.158. The smallest absolute Gasteiger partial charge is 0.255 e. The predicted octanol–water partition coefficient (Wildman–Crippen LogP) is 2.90. The van der Waals surface area contributed by atoms with E-state index in [1.54, 1.807) is 23.0 Å². The second-order valence-corrected chi connectivity index (χ2v) is 5.65. The molecule has 0 aliphatic carbocycles. The van der Waals surface area contributed by atoms with Gasteiger partial charge in [-0.05, 0) is 42.5 Å². The summed E-state index contributed by atoms with van der Waals surface area (Å²) in [6, 6.07) is 12.6. The predicted molar refractivity (Wildman–Crippen MR) is 95.5 cm³/mol. The lowest BCUT2D eigenvalue weighted by Gasteiger charge is -2.21. The van der Waals surface area contributed by atoms with Gasteiger partial charge in [0.05, 0.1) is 12.8 Å². The Morgan fingerprint density at radius 3 is 2.73 bits per heavy atom. The summed E-state index contributed by atoms with van der Waals surface area (Å²) in [5.41, 5.74) is 2.02. The molecule has 3 aromatic rings. The van der Waals surface area contributed by atoms with E-state index in [2.05, 4.69) is 10.4 Å². The molecular weight excluding hydrogens is 334 g/mol. The number of anilines is 1. The zero-order valence-corrected chi connectivity index (χ0v) is 14.1. The molecule has 1 aromatic heterocycles. The second-order valence-electron chi connectivity index (χ2n) is 5.65. The Hall–Kier alpha value is -3.48. The number of nitrogens with one attached hydrogen (secondary N) is 1. The van der Waals surface area contributed by atoms with Gasteiger partial charge in [-0.3, -0.25) is 4.79 Å². The Bertz CT molecular complexity index is 903. The first kappa shape index (κ1) is 16.0. The van der Waals surface area contributed by atoms with E-state index in [1.807, 2.05) is 36.5 Å². The van der Waals surface area contributed by atoms with E-state index in [0.717, 1.165) is 5.69 Å². The number of hydrogen-bond acceptors (Lipinski definition) is 5. The number of fused-ring (bicyclic) bond motifs is 1. The van der Waals surface area contributed by atoms with Crippen molar-refractivity contribution in [2.75, 3.05) is 25.6 Å². The van der Waals surface area contributed by atoms with E-state index in [0.29, 0.717) is 41.7 Å². The average Bonchev–Trinajstić information content (AvgIpc) is 3.22. The average molecular weight is 351 g/mol. The minimum absolute atomic E-state index is 0.257. The molecule has 0 fully saturated rings. The van der Waals surface area contributed by atoms with Crippen molar-refractivity contribution in [2.24, 2.45) is 0 Å². The molecule has 2 heterocycles. The highest BCUT2D eigenvalue weighted by Crippen LogP contribution is 2.40. The maximum absolute atomic E-state index is 12.6. The monoisotopic (exact) mass is 351 g/mol. The van der Waals surface area contributed by atoms with E-state index in [9.17, 15) is 4.79 Å². The fourth-order valence-electron chi connectivity index (χ4n) is 2.73. The lowest BCUT2D eigenvalue weighted by atomic mass is 10.1. The van der Waals surface area contributed by atoms with Crippen LogP contribution in [-0.2, 0) is 0 Å². The van der Waals surface area contributed by atoms with E-state index >= 15 is 0 Å². The molecule has 26 heavy (non-hydrogen) atoms. The van der Waals surface area contributed by atoms with E-state index in [1.165, 1.54) is 7.11 Å². The maximum Gasteiger partial charge on any atom is 0.255 e. The summed E-state index contributed by atoms with van der Waals surface area (Å²) >= 11 is 0. The number of ether oxygens (including phenoxy) is 3. The van der Waals surface area contributed by atoms with Gasteiger partial charge in [0, 0.05) is 23.6 Å². The first-order valence-electron chi connectivity index (χ1n) is 8.13. The summed E-state index contributed by atoms with van der Waals surface area (Å²) in [4.78, 5) is 12.6. The Balaban J connectivity index is 1.55. The summed E-state index contributed by atoms with van der Waals surface area (Å²) in [7, 11) is 1.53. The van der Waals surface area contributed by atoms with Gasteiger partial charge in [0.15, 0.2) is 11.5 Å². The third-order valence-corrected chi connectivity index (χ3v) is 3.98. The van der Waals surface area contributed by atoms with Gasteiger partial charge in [0.1, 0.15) is 13.2 Å². The van der Waals surface area contributed by atoms with Crippen LogP contribution >= 0.6 is 0 Å². The van der Waals surface area contributed by atoms with Crippen LogP contribution in [0.25, 0.3) is 5.69 Å². The molecule has 132 valence electrons. The molecule has 7 nitrogen and oxygen atoms in total. The molecule has 2 aromatic carbocycles. The molecule has 0 saturated carbocycles. The zero-order chi connectivity index (χ0) is 17.9. The highest BCUT2D eigenvalue weighted by Gasteiger charge is 2.21. The molecule has 0 radical (unpaired) electrons. The van der Waals surface area contributed by atoms with Crippen LogP contribution < -0.4 is 19.5 Å². The van der Waals surface area contributed by atoms with Crippen molar-refractivity contribution in [2.45, 2.75) is 0 Å². The quantitative estimate of drug-likeness (QED) is 0.782. The Kier molecular flexibility index (Phi) is 4.18. The molecule has 0 bridgehead atoms. The summed E-state index contributed by atoms with van der Waals surface area (Å²) in [6.07, 6.45) is 3.57. The summed E-state index contributed by atoms with van der Waals surface area (Å²) in [5.74, 6) is 1.25. The van der Waals surface area contributed by atoms with Crippen molar-refractivity contribution >= 4 is 11.6 Å². The Morgan fingerprint density at radius 2 is 2.00 bits per heavy atom. The van der Waals surface area contributed by atoms with Crippen LogP contribution in [0.4, 0.5) is 5.69 Å². The molecule has 1 aliphatic heterocycles. The van der Waals surface area contributed by atoms with Crippen LogP contribution in [0.5, 0.6) is 17.2 Å². The number of aromatic nitrogens is 2. The molecular formula is C19H17N3O4. The Morgan fingerprint density at radius 1 is 1.19 bits per heavy atom. The van der Waals surface area contributed by atoms with Gasteiger partial charge in [-0.1, -0.05) is 0 Å². The molecule has 1 N–H and O–H groups in total. The number of methoxy groups -OCH3 is 1. The van der Waals surface area contributed by atoms with E-state index in [-0.39, 0.29) is 5.91 Å². The third kappa shape index (κ3) is 3.06. The minimum atomic E-state index is -0.257. The van der Waals surface area contributed by atoms with Crippen LogP contribution in [-0.4, -0.2) is 36.0 Å². The van der Waals surface area contributed by atoms with Crippen LogP contribution in [0, 0.1) is 0 Å². The lowest BCUT2D eigenvalue weighted by Crippen LogP contribution is -2.18. The van der Waals surface area contributed by atoms with Crippen molar-refractivity contribution < 1.29 is 19.0 Å². The maximum atomic E-state index is 12.6. The summed E-state index contributed by atoms with van der Waals surface area (Å²) in [5, 5.41) is 7.04. The van der Waals surface area contributed by atoms with E-state index < -0.39 is 0 Å². The van der Waals surface area contributed by atoms with Crippen LogP contribution in [0.3, 0.4) is 0 Å². The standard InChI is InChI=1S/C19H17N3O4/c1-24-16-11-13(12-17-18(16)26-10-9-25-17)19(23)21-14-3-5-15(6-4-14)22-8-2-7-20-22/h2-8,11-12H,9-10H2,1H3,(H,21,23). The number of carbonyl (C=O) groups is 1. The van der Waals surface area contributed by atoms with Gasteiger partial charge in [-0.15, -0.1) is 0 Å². The van der Waals surface area contributed by atoms with Gasteiger partial charge in [0.25, 0.3) is 5.91 Å². The van der Waals surface area contributed by atoms with Crippen LogP contribution in [0.15, 0.2) is 54.9 Å². The highest BCUT2D eigenvalue weighted by atomic mass is 16.6. The van der Waals surface area contributed by atoms with Gasteiger partial charge >= 0.3 is 0 Å². The molecule has 0 atom stereocenters. The van der Waals surface area contributed by atoms with Crippen LogP contribution in [0.2, 0.25) is 0 Å². The van der Waals surface area contributed by atoms with Gasteiger partial charge in [0.2, 0.25) is 5.75 Å². The molecule has 1 amide bonds. The zero-order valence-electron chi connectivity index (χ0n) is 14.1. The number of nitrogens with zero attached hydrogens (tertiary/aromatic N) is 2. The highest BCUT2D eigenvalue weighted by molar-refractivity contribution is 6.05. The van der Waals surface area contributed by atoms with Gasteiger partial charge in [-0.25, -0.2) is 4.68 Å².